The van der Waals surface area contributed by atoms with E-state index in [2.05, 4.69) is 5.32 Å². The number of aromatic nitrogens is 1. The largest absolute Gasteiger partial charge is 0.419 e. The number of nitrogens with zero attached hydrogens (tertiary/aromatic N) is 1. The molecule has 0 bridgehead atoms. The standard InChI is InChI=1S/C13H20N4O2/c1-17-11-3-2-9(6-12(11)19-13(17)18)4-5-16-8-10(15)7-14/h2-3,6,10,16H,4-5,7-8,14-15H2,1H3. The summed E-state index contributed by atoms with van der Waals surface area (Å²) in [5, 5.41) is 3.25. The molecule has 1 unspecified atom stereocenters. The van der Waals surface area contributed by atoms with Gasteiger partial charge < -0.3 is 21.2 Å². The summed E-state index contributed by atoms with van der Waals surface area (Å²) in [6.07, 6.45) is 0.853. The lowest BCUT2D eigenvalue weighted by atomic mass is 10.1. The first-order valence-corrected chi connectivity index (χ1v) is 6.36. The highest BCUT2D eigenvalue weighted by Gasteiger charge is 2.06. The molecule has 1 heterocycles. The molecule has 6 nitrogen and oxygen atoms in total. The van der Waals surface area contributed by atoms with Gasteiger partial charge in [-0.25, -0.2) is 4.79 Å². The van der Waals surface area contributed by atoms with Crippen molar-refractivity contribution >= 4 is 11.1 Å². The second-order valence-electron chi connectivity index (χ2n) is 4.68. The Kier molecular flexibility index (Phi) is 4.36. The van der Waals surface area contributed by atoms with Crippen molar-refractivity contribution < 1.29 is 4.42 Å². The van der Waals surface area contributed by atoms with Crippen LogP contribution in [0.2, 0.25) is 0 Å². The Hall–Kier alpha value is -1.63. The van der Waals surface area contributed by atoms with Crippen LogP contribution < -0.4 is 22.5 Å². The van der Waals surface area contributed by atoms with Crippen molar-refractivity contribution in [1.29, 1.82) is 0 Å². The molecule has 2 rings (SSSR count). The number of oxazole rings is 1. The number of benzene rings is 1. The molecule has 6 heteroatoms. The normalized spacial score (nSPS) is 13.0. The molecule has 0 saturated carbocycles. The van der Waals surface area contributed by atoms with E-state index in [1.54, 1.807) is 7.05 Å². The Balaban J connectivity index is 1.96. The van der Waals surface area contributed by atoms with Gasteiger partial charge in [-0.2, -0.15) is 0 Å². The van der Waals surface area contributed by atoms with Crippen LogP contribution >= 0.6 is 0 Å². The van der Waals surface area contributed by atoms with E-state index in [4.69, 9.17) is 15.9 Å². The van der Waals surface area contributed by atoms with Gasteiger partial charge in [0.15, 0.2) is 5.58 Å². The highest BCUT2D eigenvalue weighted by molar-refractivity contribution is 5.73. The summed E-state index contributed by atoms with van der Waals surface area (Å²) in [6.45, 7) is 2.00. The van der Waals surface area contributed by atoms with E-state index in [1.807, 2.05) is 18.2 Å². The van der Waals surface area contributed by atoms with E-state index in [1.165, 1.54) is 4.57 Å². The Morgan fingerprint density at radius 2 is 2.26 bits per heavy atom. The molecule has 19 heavy (non-hydrogen) atoms. The van der Waals surface area contributed by atoms with Crippen LogP contribution in [0.5, 0.6) is 0 Å². The van der Waals surface area contributed by atoms with Crippen LogP contribution in [0.25, 0.3) is 11.1 Å². The van der Waals surface area contributed by atoms with Gasteiger partial charge in [0.1, 0.15) is 0 Å². The summed E-state index contributed by atoms with van der Waals surface area (Å²) in [5.74, 6) is -0.334. The fourth-order valence-corrected chi connectivity index (χ4v) is 1.94. The third kappa shape index (κ3) is 3.23. The minimum Gasteiger partial charge on any atom is -0.408 e. The van der Waals surface area contributed by atoms with Gasteiger partial charge in [-0.1, -0.05) is 6.07 Å². The molecule has 0 aliphatic rings. The lowest BCUT2D eigenvalue weighted by molar-refractivity contribution is 0.527. The first-order chi connectivity index (χ1) is 9.11. The first kappa shape index (κ1) is 13.8. The van der Waals surface area contributed by atoms with Crippen molar-refractivity contribution in [2.24, 2.45) is 18.5 Å². The quantitative estimate of drug-likeness (QED) is 0.614. The van der Waals surface area contributed by atoms with Crippen molar-refractivity contribution in [3.05, 3.63) is 34.3 Å². The monoisotopic (exact) mass is 264 g/mol. The third-order valence-corrected chi connectivity index (χ3v) is 3.16. The molecule has 0 spiro atoms. The van der Waals surface area contributed by atoms with Gasteiger partial charge in [0, 0.05) is 26.2 Å². The molecule has 0 fully saturated rings. The fourth-order valence-electron chi connectivity index (χ4n) is 1.94. The van der Waals surface area contributed by atoms with Gasteiger partial charge in [-0.15, -0.1) is 0 Å². The van der Waals surface area contributed by atoms with Gasteiger partial charge in [-0.05, 0) is 30.7 Å². The van der Waals surface area contributed by atoms with Gasteiger partial charge in [0.05, 0.1) is 5.52 Å². The van der Waals surface area contributed by atoms with Crippen LogP contribution in [0, 0.1) is 0 Å². The topological polar surface area (TPSA) is 99.2 Å². The summed E-state index contributed by atoms with van der Waals surface area (Å²) in [7, 11) is 1.70. The molecule has 1 aromatic carbocycles. The Morgan fingerprint density at radius 1 is 1.47 bits per heavy atom. The highest BCUT2D eigenvalue weighted by atomic mass is 16.4. The number of nitrogens with two attached hydrogens (primary N) is 2. The lowest BCUT2D eigenvalue weighted by Crippen LogP contribution is -2.40. The predicted octanol–water partition coefficient (Wildman–Crippen LogP) is -0.450. The number of hydrogen-bond donors (Lipinski definition) is 3. The summed E-state index contributed by atoms with van der Waals surface area (Å²) >= 11 is 0. The number of nitrogens with one attached hydrogen (secondary N) is 1. The van der Waals surface area contributed by atoms with Gasteiger partial charge in [-0.3, -0.25) is 4.57 Å². The maximum absolute atomic E-state index is 11.4. The summed E-state index contributed by atoms with van der Waals surface area (Å²) in [4.78, 5) is 11.4. The molecule has 1 atom stereocenters. The number of fused-ring (bicyclic) bond motifs is 1. The molecular formula is C13H20N4O2. The molecule has 1 aromatic heterocycles. The Labute approximate surface area is 111 Å². The van der Waals surface area contributed by atoms with Crippen molar-refractivity contribution in [3.63, 3.8) is 0 Å². The minimum atomic E-state index is -0.334. The van der Waals surface area contributed by atoms with Crippen LogP contribution in [0.1, 0.15) is 5.56 Å². The highest BCUT2D eigenvalue weighted by Crippen LogP contribution is 2.14. The third-order valence-electron chi connectivity index (χ3n) is 3.16. The van der Waals surface area contributed by atoms with Crippen molar-refractivity contribution in [2.75, 3.05) is 19.6 Å². The summed E-state index contributed by atoms with van der Waals surface area (Å²) in [5.41, 5.74) is 13.7. The molecule has 0 aliphatic heterocycles. The SMILES string of the molecule is Cn1c(=O)oc2cc(CCNCC(N)CN)ccc21. The molecule has 104 valence electrons. The van der Waals surface area contributed by atoms with E-state index in [-0.39, 0.29) is 11.8 Å². The first-order valence-electron chi connectivity index (χ1n) is 6.36. The maximum atomic E-state index is 11.4. The average Bonchev–Trinajstić information content (AvgIpc) is 2.69. The number of aryl methyl sites for hydroxylation is 1. The Bertz CT molecular complexity index is 602. The van der Waals surface area contributed by atoms with Gasteiger partial charge in [0.2, 0.25) is 0 Å². The molecule has 0 amide bonds. The van der Waals surface area contributed by atoms with Crippen LogP contribution in [0.4, 0.5) is 0 Å². The molecule has 0 radical (unpaired) electrons. The lowest BCUT2D eigenvalue weighted by Gasteiger charge is -2.09. The molecule has 0 aliphatic carbocycles. The van der Waals surface area contributed by atoms with Gasteiger partial charge in [0.25, 0.3) is 0 Å². The van der Waals surface area contributed by atoms with Crippen molar-refractivity contribution in [3.8, 4) is 0 Å². The predicted molar refractivity (Wildman–Crippen MR) is 75.1 cm³/mol. The molecular weight excluding hydrogens is 244 g/mol. The zero-order valence-corrected chi connectivity index (χ0v) is 11.1. The number of hydrogen-bond acceptors (Lipinski definition) is 5. The average molecular weight is 264 g/mol. The van der Waals surface area contributed by atoms with Crippen molar-refractivity contribution in [2.45, 2.75) is 12.5 Å². The molecule has 2 aromatic rings. The summed E-state index contributed by atoms with van der Waals surface area (Å²) < 4.78 is 6.65. The van der Waals surface area contributed by atoms with Gasteiger partial charge >= 0.3 is 5.76 Å². The van der Waals surface area contributed by atoms with Crippen LogP contribution in [0.15, 0.2) is 27.4 Å². The number of rotatable bonds is 6. The Morgan fingerprint density at radius 3 is 3.00 bits per heavy atom. The second kappa shape index (κ2) is 6.01. The smallest absolute Gasteiger partial charge is 0.408 e. The van der Waals surface area contributed by atoms with Crippen LogP contribution in [-0.4, -0.2) is 30.2 Å². The molecule has 5 N–H and O–H groups in total. The zero-order chi connectivity index (χ0) is 13.8. The maximum Gasteiger partial charge on any atom is 0.419 e. The van der Waals surface area contributed by atoms with Crippen molar-refractivity contribution in [1.82, 2.24) is 9.88 Å². The zero-order valence-electron chi connectivity index (χ0n) is 11.1. The van der Waals surface area contributed by atoms with E-state index in [0.29, 0.717) is 18.7 Å². The van der Waals surface area contributed by atoms with Crippen LogP contribution in [-0.2, 0) is 13.5 Å². The second-order valence-corrected chi connectivity index (χ2v) is 4.68. The van der Waals surface area contributed by atoms with E-state index < -0.39 is 0 Å². The van der Waals surface area contributed by atoms with E-state index in [9.17, 15) is 4.79 Å². The van der Waals surface area contributed by atoms with E-state index in [0.717, 1.165) is 24.0 Å². The van der Waals surface area contributed by atoms with E-state index >= 15 is 0 Å². The fraction of sp³-hybridized carbons (Fsp3) is 0.462. The van der Waals surface area contributed by atoms with Crippen LogP contribution in [0.3, 0.4) is 0 Å². The summed E-state index contributed by atoms with van der Waals surface area (Å²) in [6, 6.07) is 5.80. The molecule has 0 saturated heterocycles. The minimum absolute atomic E-state index is 0.00498.